The first-order chi connectivity index (χ1) is 17.8. The van der Waals surface area contributed by atoms with Crippen molar-refractivity contribution in [1.29, 1.82) is 0 Å². The molecule has 0 spiro atoms. The van der Waals surface area contributed by atoms with Crippen LogP contribution in [0.4, 0.5) is 0 Å². The van der Waals surface area contributed by atoms with E-state index in [2.05, 4.69) is 107 Å². The molecule has 1 aliphatic rings. The normalized spacial score (nSPS) is 16.8. The molecule has 0 atom stereocenters. The second kappa shape index (κ2) is 8.24. The number of nitrogens with zero attached hydrogens (tertiary/aromatic N) is 1. The molecule has 7 rings (SSSR count). The van der Waals surface area contributed by atoms with Crippen molar-refractivity contribution in [3.8, 4) is 21.7 Å². The van der Waals surface area contributed by atoms with Crippen LogP contribution in [0.2, 0.25) is 0 Å². The van der Waals surface area contributed by atoms with E-state index in [1.54, 1.807) is 11.3 Å². The third-order valence-corrected chi connectivity index (χ3v) is 10.1. The maximum atomic E-state index is 6.39. The van der Waals surface area contributed by atoms with Crippen LogP contribution in [-0.2, 0) is 9.31 Å². The lowest BCUT2D eigenvalue weighted by molar-refractivity contribution is 0.00578. The highest BCUT2D eigenvalue weighted by atomic mass is 32.1. The predicted octanol–water partition coefficient (Wildman–Crippen LogP) is 8.30. The minimum Gasteiger partial charge on any atom is -0.399 e. The fourth-order valence-corrected chi connectivity index (χ4v) is 7.27. The molecule has 6 aromatic rings. The van der Waals surface area contributed by atoms with Crippen LogP contribution in [0.1, 0.15) is 27.7 Å². The van der Waals surface area contributed by atoms with E-state index in [-0.39, 0.29) is 18.3 Å². The van der Waals surface area contributed by atoms with Gasteiger partial charge in [-0.05, 0) is 51.0 Å². The minimum absolute atomic E-state index is 0.362. The molecule has 1 fully saturated rings. The summed E-state index contributed by atoms with van der Waals surface area (Å²) in [5.41, 5.74) is 5.02. The van der Waals surface area contributed by atoms with Gasteiger partial charge in [0.15, 0.2) is 0 Å². The van der Waals surface area contributed by atoms with Crippen LogP contribution in [0.3, 0.4) is 0 Å². The Morgan fingerprint density at radius 1 is 0.649 bits per heavy atom. The van der Waals surface area contributed by atoms with Crippen molar-refractivity contribution in [2.45, 2.75) is 38.9 Å². The lowest BCUT2D eigenvalue weighted by Gasteiger charge is -2.32. The van der Waals surface area contributed by atoms with E-state index in [1.165, 1.54) is 36.0 Å². The van der Waals surface area contributed by atoms with Gasteiger partial charge in [0.2, 0.25) is 0 Å². The molecule has 0 saturated carbocycles. The average molecular weight is 520 g/mol. The van der Waals surface area contributed by atoms with Crippen LogP contribution < -0.4 is 5.46 Å². The Morgan fingerprint density at radius 2 is 1.32 bits per heavy atom. The molecule has 0 amide bonds. The highest BCUT2D eigenvalue weighted by Crippen LogP contribution is 2.41. The van der Waals surface area contributed by atoms with Crippen LogP contribution in [0.15, 0.2) is 84.9 Å². The number of aromatic nitrogens is 1. The van der Waals surface area contributed by atoms with Gasteiger partial charge >= 0.3 is 7.12 Å². The molecule has 4 aromatic carbocycles. The van der Waals surface area contributed by atoms with Crippen LogP contribution in [0, 0.1) is 0 Å². The number of fused-ring (bicyclic) bond motifs is 4. The topological polar surface area (TPSA) is 31.4 Å². The van der Waals surface area contributed by atoms with E-state index in [0.717, 1.165) is 21.6 Å². The summed E-state index contributed by atoms with van der Waals surface area (Å²) in [5.74, 6) is 0. The van der Waals surface area contributed by atoms with Crippen LogP contribution >= 0.6 is 22.7 Å². The molecule has 3 heterocycles. The molecule has 3 nitrogen and oxygen atoms in total. The fourth-order valence-electron chi connectivity index (χ4n) is 4.96. The number of hydrogen-bond donors (Lipinski definition) is 0. The van der Waals surface area contributed by atoms with E-state index in [1.807, 2.05) is 17.4 Å². The molecule has 0 radical (unpaired) electrons. The molecular formula is C31H26BNO2S2. The van der Waals surface area contributed by atoms with Crippen LogP contribution in [0.25, 0.3) is 52.1 Å². The smallest absolute Gasteiger partial charge is 0.399 e. The monoisotopic (exact) mass is 519 g/mol. The maximum absolute atomic E-state index is 6.39. The summed E-state index contributed by atoms with van der Waals surface area (Å²) in [7, 11) is -0.369. The first-order valence-corrected chi connectivity index (χ1v) is 14.2. The summed E-state index contributed by atoms with van der Waals surface area (Å²) in [5, 5.41) is 3.52. The summed E-state index contributed by atoms with van der Waals surface area (Å²) in [4.78, 5) is 5.03. The Labute approximate surface area is 224 Å². The summed E-state index contributed by atoms with van der Waals surface area (Å²) >= 11 is 3.57. The van der Waals surface area contributed by atoms with Crippen molar-refractivity contribution >= 4 is 65.6 Å². The fraction of sp³-hybridized carbons (Fsp3) is 0.194. The highest BCUT2D eigenvalue weighted by Gasteiger charge is 2.52. The van der Waals surface area contributed by atoms with Crippen molar-refractivity contribution in [1.82, 2.24) is 4.98 Å². The zero-order valence-electron chi connectivity index (χ0n) is 21.2. The second-order valence-electron chi connectivity index (χ2n) is 10.7. The zero-order chi connectivity index (χ0) is 25.4. The van der Waals surface area contributed by atoms with Gasteiger partial charge in [0.05, 0.1) is 21.4 Å². The largest absolute Gasteiger partial charge is 0.496 e. The number of thiophene rings is 1. The summed E-state index contributed by atoms with van der Waals surface area (Å²) in [6.45, 7) is 8.41. The van der Waals surface area contributed by atoms with E-state index < -0.39 is 0 Å². The lowest BCUT2D eigenvalue weighted by atomic mass is 9.78. The van der Waals surface area contributed by atoms with Crippen molar-refractivity contribution < 1.29 is 9.31 Å². The van der Waals surface area contributed by atoms with Gasteiger partial charge in [-0.3, -0.25) is 0 Å². The predicted molar refractivity (Wildman–Crippen MR) is 159 cm³/mol. The Hall–Kier alpha value is -3.03. The Balaban J connectivity index is 1.28. The summed E-state index contributed by atoms with van der Waals surface area (Å²) in [6, 6.07) is 30.2. The first kappa shape index (κ1) is 23.1. The van der Waals surface area contributed by atoms with Gasteiger partial charge < -0.3 is 9.31 Å². The molecule has 0 N–H and O–H groups in total. The molecular weight excluding hydrogens is 493 g/mol. The first-order valence-electron chi connectivity index (χ1n) is 12.6. The maximum Gasteiger partial charge on any atom is 0.496 e. The van der Waals surface area contributed by atoms with Gasteiger partial charge in [0, 0.05) is 31.2 Å². The van der Waals surface area contributed by atoms with E-state index in [4.69, 9.17) is 14.3 Å². The van der Waals surface area contributed by atoms with Gasteiger partial charge in [0.1, 0.15) is 5.01 Å². The average Bonchev–Trinajstić information content (AvgIpc) is 3.53. The second-order valence-corrected chi connectivity index (χ2v) is 12.8. The molecule has 2 aromatic heterocycles. The molecule has 182 valence electrons. The van der Waals surface area contributed by atoms with Crippen LogP contribution in [0.5, 0.6) is 0 Å². The van der Waals surface area contributed by atoms with Gasteiger partial charge in [0.25, 0.3) is 0 Å². The molecule has 6 heteroatoms. The number of thiazole rings is 1. The zero-order valence-corrected chi connectivity index (χ0v) is 22.9. The summed E-state index contributed by atoms with van der Waals surface area (Å²) < 4.78 is 16.5. The summed E-state index contributed by atoms with van der Waals surface area (Å²) in [6.07, 6.45) is 0. The van der Waals surface area contributed by atoms with Gasteiger partial charge in [-0.15, -0.1) is 22.7 Å². The molecule has 37 heavy (non-hydrogen) atoms. The third kappa shape index (κ3) is 3.74. The molecule has 1 saturated heterocycles. The standard InChI is InChI=1S/C31H26BNO2S2/c1-30(2)31(3,4)35-32(34-30)24-12-8-11-22-23-17-25-27(18-26(23)36-28(22)24)37-29(33-25)21-15-13-20(14-16-21)19-9-6-5-7-10-19/h5-18H,1-4H3. The molecule has 1 aliphatic heterocycles. The Morgan fingerprint density at radius 3 is 2.05 bits per heavy atom. The van der Waals surface area contributed by atoms with E-state index in [0.29, 0.717) is 0 Å². The molecule has 0 aliphatic carbocycles. The number of hydrogen-bond acceptors (Lipinski definition) is 5. The van der Waals surface area contributed by atoms with Gasteiger partial charge in [-0.2, -0.15) is 0 Å². The van der Waals surface area contributed by atoms with Crippen molar-refractivity contribution in [3.05, 3.63) is 84.9 Å². The lowest BCUT2D eigenvalue weighted by Crippen LogP contribution is -2.41. The van der Waals surface area contributed by atoms with Crippen molar-refractivity contribution in [3.63, 3.8) is 0 Å². The van der Waals surface area contributed by atoms with E-state index in [9.17, 15) is 0 Å². The van der Waals surface area contributed by atoms with Gasteiger partial charge in [-0.1, -0.05) is 72.8 Å². The Kier molecular flexibility index (Phi) is 5.15. The quantitative estimate of drug-likeness (QED) is 0.221. The van der Waals surface area contributed by atoms with Crippen molar-refractivity contribution in [2.24, 2.45) is 0 Å². The van der Waals surface area contributed by atoms with Gasteiger partial charge in [-0.25, -0.2) is 4.98 Å². The number of benzene rings is 4. The van der Waals surface area contributed by atoms with Crippen LogP contribution in [-0.4, -0.2) is 23.3 Å². The van der Waals surface area contributed by atoms with Crippen molar-refractivity contribution in [2.75, 3.05) is 0 Å². The number of rotatable bonds is 3. The van der Waals surface area contributed by atoms with E-state index >= 15 is 0 Å². The minimum atomic E-state index is -0.369. The third-order valence-electron chi connectivity index (χ3n) is 7.78. The Bertz CT molecular complexity index is 1770. The highest BCUT2D eigenvalue weighted by molar-refractivity contribution is 7.27. The SMILES string of the molecule is CC1(C)OB(c2cccc3c2sc2cc4sc(-c5ccc(-c6ccccc6)cc5)nc4cc23)OC1(C)C. The molecule has 0 bridgehead atoms. The molecule has 0 unspecified atom stereocenters.